The molecule has 2 aliphatic heterocycles. The minimum Gasteiger partial charge on any atom is -0.463 e. The molecule has 2 aliphatic rings. The highest BCUT2D eigenvalue weighted by Crippen LogP contribution is 2.31. The Morgan fingerprint density at radius 1 is 1.27 bits per heavy atom. The number of esters is 1. The average molecular weight is 357 g/mol. The zero-order valence-electron chi connectivity index (χ0n) is 15.7. The fourth-order valence-corrected chi connectivity index (χ4v) is 3.66. The molecule has 0 saturated carbocycles. The third kappa shape index (κ3) is 3.90. The second kappa shape index (κ2) is 7.91. The number of likely N-dealkylation sites (tertiary alicyclic amines) is 1. The van der Waals surface area contributed by atoms with E-state index in [0.717, 1.165) is 42.6 Å². The van der Waals surface area contributed by atoms with Gasteiger partial charge in [0.05, 0.1) is 18.2 Å². The monoisotopic (exact) mass is 357 g/mol. The number of amides is 2. The molecule has 1 saturated heterocycles. The van der Waals surface area contributed by atoms with Crippen molar-refractivity contribution in [2.75, 3.05) is 26.2 Å². The molecule has 140 valence electrons. The van der Waals surface area contributed by atoms with Gasteiger partial charge in [-0.2, -0.15) is 0 Å². The number of aryl methyl sites for hydroxylation is 2. The lowest BCUT2D eigenvalue weighted by Crippen LogP contribution is -2.48. The summed E-state index contributed by atoms with van der Waals surface area (Å²) < 4.78 is 5.33. The molecule has 0 bridgehead atoms. The van der Waals surface area contributed by atoms with Crippen LogP contribution >= 0.6 is 0 Å². The lowest BCUT2D eigenvalue weighted by atomic mass is 9.91. The van der Waals surface area contributed by atoms with Gasteiger partial charge in [-0.3, -0.25) is 4.90 Å². The highest BCUT2D eigenvalue weighted by Gasteiger charge is 2.35. The lowest BCUT2D eigenvalue weighted by molar-refractivity contribution is -0.139. The summed E-state index contributed by atoms with van der Waals surface area (Å²) in [6.07, 6.45) is 2.29. The summed E-state index contributed by atoms with van der Waals surface area (Å²) in [7, 11) is 0. The zero-order chi connectivity index (χ0) is 18.7. The van der Waals surface area contributed by atoms with Gasteiger partial charge in [0.2, 0.25) is 0 Å². The predicted octanol–water partition coefficient (Wildman–Crippen LogP) is 2.57. The molecular formula is C20H27N3O3. The Bertz CT molecular complexity index is 736. The third-order valence-electron chi connectivity index (χ3n) is 4.98. The molecule has 6 heteroatoms. The molecule has 6 nitrogen and oxygen atoms in total. The van der Waals surface area contributed by atoms with Gasteiger partial charge in [0.15, 0.2) is 0 Å². The SMILES string of the molecule is CCOC(=O)C1=C(CN2CCCC2)NC(=O)N[C@H]1c1cc(C)ccc1C. The maximum atomic E-state index is 12.8. The lowest BCUT2D eigenvalue weighted by Gasteiger charge is -2.32. The summed E-state index contributed by atoms with van der Waals surface area (Å²) in [6, 6.07) is 5.29. The van der Waals surface area contributed by atoms with Crippen molar-refractivity contribution in [3.05, 3.63) is 46.2 Å². The standard InChI is InChI=1S/C20H27N3O3/c1-4-26-19(24)17-16(12-23-9-5-6-10-23)21-20(25)22-18(17)15-11-13(2)7-8-14(15)3/h7-8,11,18H,4-6,9-10,12H2,1-3H3,(H2,21,22,25)/t18-/m0/s1. The first-order valence-electron chi connectivity index (χ1n) is 9.26. The van der Waals surface area contributed by atoms with Crippen molar-refractivity contribution < 1.29 is 14.3 Å². The smallest absolute Gasteiger partial charge is 0.338 e. The van der Waals surface area contributed by atoms with E-state index < -0.39 is 6.04 Å². The van der Waals surface area contributed by atoms with Crippen LogP contribution in [-0.2, 0) is 9.53 Å². The molecule has 0 aromatic heterocycles. The minimum atomic E-state index is -0.500. The van der Waals surface area contributed by atoms with Gasteiger partial charge in [-0.1, -0.05) is 23.8 Å². The number of carbonyl (C=O) groups excluding carboxylic acids is 2. The minimum absolute atomic E-state index is 0.279. The summed E-state index contributed by atoms with van der Waals surface area (Å²) in [4.78, 5) is 27.4. The van der Waals surface area contributed by atoms with Crippen LogP contribution in [0.3, 0.4) is 0 Å². The second-order valence-corrected chi connectivity index (χ2v) is 6.99. The molecule has 26 heavy (non-hydrogen) atoms. The molecule has 2 N–H and O–H groups in total. The number of ether oxygens (including phenoxy) is 1. The van der Waals surface area contributed by atoms with Crippen molar-refractivity contribution in [1.29, 1.82) is 0 Å². The molecule has 2 amide bonds. The van der Waals surface area contributed by atoms with Crippen molar-refractivity contribution in [2.24, 2.45) is 0 Å². The molecule has 0 spiro atoms. The van der Waals surface area contributed by atoms with Crippen LogP contribution in [0.5, 0.6) is 0 Å². The van der Waals surface area contributed by atoms with E-state index >= 15 is 0 Å². The largest absolute Gasteiger partial charge is 0.463 e. The number of nitrogens with one attached hydrogen (secondary N) is 2. The summed E-state index contributed by atoms with van der Waals surface area (Å²) in [5, 5.41) is 5.77. The fourth-order valence-electron chi connectivity index (χ4n) is 3.66. The Kier molecular flexibility index (Phi) is 5.61. The van der Waals surface area contributed by atoms with Crippen LogP contribution in [0.4, 0.5) is 4.79 Å². The molecule has 1 atom stereocenters. The van der Waals surface area contributed by atoms with Crippen molar-refractivity contribution in [1.82, 2.24) is 15.5 Å². The first kappa shape index (κ1) is 18.5. The van der Waals surface area contributed by atoms with Crippen LogP contribution < -0.4 is 10.6 Å². The highest BCUT2D eigenvalue weighted by atomic mass is 16.5. The van der Waals surface area contributed by atoms with Crippen LogP contribution in [0.25, 0.3) is 0 Å². The van der Waals surface area contributed by atoms with E-state index in [4.69, 9.17) is 4.74 Å². The van der Waals surface area contributed by atoms with Crippen LogP contribution in [0.15, 0.2) is 29.5 Å². The van der Waals surface area contributed by atoms with Crippen LogP contribution in [0.2, 0.25) is 0 Å². The molecule has 3 rings (SSSR count). The third-order valence-corrected chi connectivity index (χ3v) is 4.98. The van der Waals surface area contributed by atoms with E-state index in [-0.39, 0.29) is 12.0 Å². The molecule has 0 unspecified atom stereocenters. The molecule has 0 radical (unpaired) electrons. The number of urea groups is 1. The molecule has 1 aromatic rings. The summed E-state index contributed by atoms with van der Waals surface area (Å²) >= 11 is 0. The van der Waals surface area contributed by atoms with Crippen LogP contribution in [0.1, 0.15) is 42.5 Å². The number of nitrogens with zero attached hydrogens (tertiary/aromatic N) is 1. The Morgan fingerprint density at radius 3 is 2.69 bits per heavy atom. The van der Waals surface area contributed by atoms with Gasteiger partial charge in [0, 0.05) is 12.2 Å². The van der Waals surface area contributed by atoms with E-state index in [9.17, 15) is 9.59 Å². The molecule has 0 aliphatic carbocycles. The van der Waals surface area contributed by atoms with E-state index in [0.29, 0.717) is 24.4 Å². The number of carbonyl (C=O) groups is 2. The van der Waals surface area contributed by atoms with Crippen molar-refractivity contribution >= 4 is 12.0 Å². The first-order chi connectivity index (χ1) is 12.5. The van der Waals surface area contributed by atoms with E-state index in [1.807, 2.05) is 32.0 Å². The summed E-state index contributed by atoms with van der Waals surface area (Å²) in [6.45, 7) is 8.61. The molecule has 1 fully saturated rings. The highest BCUT2D eigenvalue weighted by molar-refractivity contribution is 5.95. The normalized spacial score (nSPS) is 20.7. The number of hydrogen-bond donors (Lipinski definition) is 2. The Morgan fingerprint density at radius 2 is 2.00 bits per heavy atom. The van der Waals surface area contributed by atoms with Gasteiger partial charge >= 0.3 is 12.0 Å². The molecule has 1 aromatic carbocycles. The Labute approximate surface area is 154 Å². The molecule has 2 heterocycles. The number of rotatable bonds is 5. The maximum absolute atomic E-state index is 12.8. The molecular weight excluding hydrogens is 330 g/mol. The topological polar surface area (TPSA) is 70.7 Å². The van der Waals surface area contributed by atoms with Gasteiger partial charge < -0.3 is 15.4 Å². The van der Waals surface area contributed by atoms with E-state index in [2.05, 4.69) is 15.5 Å². The Balaban J connectivity index is 2.05. The van der Waals surface area contributed by atoms with Crippen molar-refractivity contribution in [3.8, 4) is 0 Å². The van der Waals surface area contributed by atoms with Gasteiger partial charge in [-0.25, -0.2) is 9.59 Å². The van der Waals surface area contributed by atoms with Crippen molar-refractivity contribution in [3.63, 3.8) is 0 Å². The summed E-state index contributed by atoms with van der Waals surface area (Å²) in [5.41, 5.74) is 4.21. The van der Waals surface area contributed by atoms with Gasteiger partial charge in [0.1, 0.15) is 0 Å². The number of benzene rings is 1. The van der Waals surface area contributed by atoms with Gasteiger partial charge in [-0.15, -0.1) is 0 Å². The average Bonchev–Trinajstić information content (AvgIpc) is 3.09. The second-order valence-electron chi connectivity index (χ2n) is 6.99. The van der Waals surface area contributed by atoms with Gasteiger partial charge in [0.25, 0.3) is 0 Å². The first-order valence-corrected chi connectivity index (χ1v) is 9.26. The predicted molar refractivity (Wildman–Crippen MR) is 99.7 cm³/mol. The summed E-state index contributed by atoms with van der Waals surface area (Å²) in [5.74, 6) is -0.375. The van der Waals surface area contributed by atoms with Crippen LogP contribution in [0, 0.1) is 13.8 Å². The number of hydrogen-bond acceptors (Lipinski definition) is 4. The quantitative estimate of drug-likeness (QED) is 0.795. The van der Waals surface area contributed by atoms with Crippen LogP contribution in [-0.4, -0.2) is 43.1 Å². The van der Waals surface area contributed by atoms with Crippen molar-refractivity contribution in [2.45, 2.75) is 39.7 Å². The fraction of sp³-hybridized carbons (Fsp3) is 0.500. The maximum Gasteiger partial charge on any atom is 0.338 e. The van der Waals surface area contributed by atoms with Gasteiger partial charge in [-0.05, 0) is 57.8 Å². The zero-order valence-corrected chi connectivity index (χ0v) is 15.7. The van der Waals surface area contributed by atoms with E-state index in [1.165, 1.54) is 0 Å². The Hall–Kier alpha value is -2.34. The van der Waals surface area contributed by atoms with E-state index in [1.54, 1.807) is 6.92 Å².